The molecule has 0 amide bonds. The molecule has 1 aliphatic rings. The smallest absolute Gasteiger partial charge is 0.159 e. The van der Waals surface area contributed by atoms with E-state index in [1.165, 1.54) is 12.1 Å². The van der Waals surface area contributed by atoms with Gasteiger partial charge in [-0.2, -0.15) is 0 Å². The minimum absolute atomic E-state index is 0.251. The van der Waals surface area contributed by atoms with Gasteiger partial charge in [-0.25, -0.2) is 14.4 Å². The first-order valence-electron chi connectivity index (χ1n) is 7.69. The van der Waals surface area contributed by atoms with E-state index in [1.54, 1.807) is 12.3 Å². The van der Waals surface area contributed by atoms with Crippen LogP contribution in [0.25, 0.3) is 17.0 Å². The predicted octanol–water partition coefficient (Wildman–Crippen LogP) is 4.52. The van der Waals surface area contributed by atoms with Gasteiger partial charge in [-0.05, 0) is 23.3 Å². The molecule has 0 spiro atoms. The molecule has 3 nitrogen and oxygen atoms in total. The molecular weight excluding hydrogens is 301 g/mol. The average Bonchev–Trinajstić information content (AvgIpc) is 3.13. The number of nitrogens with zero attached hydrogens (tertiary/aromatic N) is 3. The van der Waals surface area contributed by atoms with Crippen LogP contribution in [0.2, 0.25) is 0 Å². The van der Waals surface area contributed by atoms with Crippen LogP contribution in [0, 0.1) is 5.82 Å². The maximum atomic E-state index is 13.4. The molecule has 0 fully saturated rings. The number of halogens is 1. The van der Waals surface area contributed by atoms with E-state index < -0.39 is 0 Å². The Morgan fingerprint density at radius 2 is 1.54 bits per heavy atom. The van der Waals surface area contributed by atoms with Crippen molar-refractivity contribution < 1.29 is 4.39 Å². The summed E-state index contributed by atoms with van der Waals surface area (Å²) in [6.45, 7) is 0. The van der Waals surface area contributed by atoms with Gasteiger partial charge >= 0.3 is 0 Å². The summed E-state index contributed by atoms with van der Waals surface area (Å²) in [5.41, 5.74) is 4.62. The molecule has 0 bridgehead atoms. The van der Waals surface area contributed by atoms with Crippen LogP contribution >= 0.6 is 0 Å². The number of hydrogen-bond donors (Lipinski definition) is 0. The molecule has 4 heteroatoms. The van der Waals surface area contributed by atoms with Crippen LogP contribution < -0.4 is 0 Å². The lowest BCUT2D eigenvalue weighted by Crippen LogP contribution is -1.99. The molecule has 2 aromatic carbocycles. The number of rotatable bonds is 3. The lowest BCUT2D eigenvalue weighted by molar-refractivity contribution is 0.627. The molecule has 4 rings (SSSR count). The molecule has 0 saturated heterocycles. The first-order valence-corrected chi connectivity index (χ1v) is 7.69. The second kappa shape index (κ2) is 6.16. The van der Waals surface area contributed by atoms with Crippen molar-refractivity contribution in [1.82, 2.24) is 9.97 Å². The van der Waals surface area contributed by atoms with Crippen molar-refractivity contribution in [2.75, 3.05) is 0 Å². The molecule has 2 heterocycles. The fourth-order valence-corrected chi connectivity index (χ4v) is 2.68. The monoisotopic (exact) mass is 315 g/mol. The minimum atomic E-state index is -0.251. The lowest BCUT2D eigenvalue weighted by Gasteiger charge is -2.05. The van der Waals surface area contributed by atoms with Crippen LogP contribution in [0.1, 0.15) is 17.5 Å². The van der Waals surface area contributed by atoms with Crippen LogP contribution in [-0.2, 0) is 0 Å². The largest absolute Gasteiger partial charge is 0.260 e. The Morgan fingerprint density at radius 3 is 2.29 bits per heavy atom. The molecule has 24 heavy (non-hydrogen) atoms. The van der Waals surface area contributed by atoms with Gasteiger partial charge in [0.1, 0.15) is 5.82 Å². The van der Waals surface area contributed by atoms with Crippen molar-refractivity contribution in [3.05, 3.63) is 90.1 Å². The molecule has 0 N–H and O–H groups in total. The van der Waals surface area contributed by atoms with Crippen LogP contribution in [-0.4, -0.2) is 15.7 Å². The summed E-state index contributed by atoms with van der Waals surface area (Å²) in [4.78, 5) is 13.3. The fourth-order valence-electron chi connectivity index (χ4n) is 2.68. The first-order chi connectivity index (χ1) is 11.8. The number of aliphatic imine (C=N–C) groups is 1. The molecular formula is C20H14FN3. The zero-order valence-electron chi connectivity index (χ0n) is 12.9. The summed E-state index contributed by atoms with van der Waals surface area (Å²) in [5.74, 6) is 0.448. The Kier molecular flexibility index (Phi) is 3.71. The third-order valence-electron chi connectivity index (χ3n) is 3.95. The van der Waals surface area contributed by atoms with Crippen molar-refractivity contribution in [1.29, 1.82) is 0 Å². The van der Waals surface area contributed by atoms with Gasteiger partial charge in [0.25, 0.3) is 0 Å². The van der Waals surface area contributed by atoms with Crippen LogP contribution in [0.15, 0.2) is 78.2 Å². The van der Waals surface area contributed by atoms with E-state index in [0.29, 0.717) is 12.2 Å². The Hall–Kier alpha value is -3.14. The van der Waals surface area contributed by atoms with Crippen LogP contribution in [0.3, 0.4) is 0 Å². The van der Waals surface area contributed by atoms with E-state index in [4.69, 9.17) is 0 Å². The average molecular weight is 315 g/mol. The highest BCUT2D eigenvalue weighted by molar-refractivity contribution is 6.09. The maximum absolute atomic E-state index is 13.4. The van der Waals surface area contributed by atoms with Gasteiger partial charge in [-0.15, -0.1) is 0 Å². The highest BCUT2D eigenvalue weighted by Gasteiger charge is 2.15. The maximum Gasteiger partial charge on any atom is 0.159 e. The molecule has 0 radical (unpaired) electrons. The Balaban J connectivity index is 1.52. The highest BCUT2D eigenvalue weighted by atomic mass is 19.1. The first kappa shape index (κ1) is 14.5. The summed E-state index contributed by atoms with van der Waals surface area (Å²) in [7, 11) is 0. The zero-order valence-corrected chi connectivity index (χ0v) is 12.9. The molecule has 0 aliphatic carbocycles. The lowest BCUT2D eigenvalue weighted by atomic mass is 10.0. The van der Waals surface area contributed by atoms with Gasteiger partial charge in [0.05, 0.1) is 5.71 Å². The fraction of sp³-hybridized carbons (Fsp3) is 0.0500. The summed E-state index contributed by atoms with van der Waals surface area (Å²) in [6, 6.07) is 16.4. The van der Waals surface area contributed by atoms with Gasteiger partial charge in [0.2, 0.25) is 0 Å². The van der Waals surface area contributed by atoms with E-state index in [1.807, 2.05) is 48.8 Å². The Morgan fingerprint density at radius 1 is 0.792 bits per heavy atom. The molecule has 0 unspecified atom stereocenters. The predicted molar refractivity (Wildman–Crippen MR) is 93.0 cm³/mol. The van der Waals surface area contributed by atoms with Crippen molar-refractivity contribution >= 4 is 11.3 Å². The normalized spacial score (nSPS) is 13.5. The number of benzene rings is 2. The topological polar surface area (TPSA) is 38.1 Å². The highest BCUT2D eigenvalue weighted by Crippen LogP contribution is 2.26. The SMILES string of the molecule is Fc1cccc(C2=NC=C(c3cnc(-c4ccccc4)nc3)C2)c1. The number of aromatic nitrogens is 2. The number of hydrogen-bond acceptors (Lipinski definition) is 3. The van der Waals surface area contributed by atoms with Crippen molar-refractivity contribution in [3.63, 3.8) is 0 Å². The molecule has 3 aromatic rings. The van der Waals surface area contributed by atoms with Gasteiger partial charge in [0.15, 0.2) is 5.82 Å². The zero-order chi connectivity index (χ0) is 16.4. The van der Waals surface area contributed by atoms with E-state index >= 15 is 0 Å². The minimum Gasteiger partial charge on any atom is -0.260 e. The molecule has 1 aromatic heterocycles. The Bertz CT molecular complexity index is 929. The number of allylic oxidation sites excluding steroid dienone is 1. The van der Waals surface area contributed by atoms with Gasteiger partial charge in [-0.3, -0.25) is 4.99 Å². The molecule has 116 valence electrons. The second-order valence-corrected chi connectivity index (χ2v) is 5.58. The standard InChI is InChI=1S/C20H14FN3/c21-18-8-4-7-15(9-18)19-10-16(11-22-19)17-12-23-20(24-13-17)14-5-2-1-3-6-14/h1-9,11-13H,10H2. The van der Waals surface area contributed by atoms with Crippen molar-refractivity contribution in [2.24, 2.45) is 4.99 Å². The summed E-state index contributed by atoms with van der Waals surface area (Å²) in [6.07, 6.45) is 6.08. The summed E-state index contributed by atoms with van der Waals surface area (Å²) >= 11 is 0. The van der Waals surface area contributed by atoms with Crippen LogP contribution in [0.5, 0.6) is 0 Å². The van der Waals surface area contributed by atoms with Crippen molar-refractivity contribution in [3.8, 4) is 11.4 Å². The van der Waals surface area contributed by atoms with E-state index in [-0.39, 0.29) is 5.82 Å². The second-order valence-electron chi connectivity index (χ2n) is 5.58. The van der Waals surface area contributed by atoms with Gasteiger partial charge in [-0.1, -0.05) is 42.5 Å². The van der Waals surface area contributed by atoms with E-state index in [0.717, 1.165) is 28.0 Å². The van der Waals surface area contributed by atoms with Crippen LogP contribution in [0.4, 0.5) is 4.39 Å². The summed E-state index contributed by atoms with van der Waals surface area (Å²) in [5, 5.41) is 0. The molecule has 1 aliphatic heterocycles. The Labute approximate surface area is 139 Å². The van der Waals surface area contributed by atoms with E-state index in [9.17, 15) is 4.39 Å². The van der Waals surface area contributed by atoms with E-state index in [2.05, 4.69) is 15.0 Å². The third kappa shape index (κ3) is 2.86. The molecule has 0 saturated carbocycles. The van der Waals surface area contributed by atoms with Gasteiger partial charge < -0.3 is 0 Å². The summed E-state index contributed by atoms with van der Waals surface area (Å²) < 4.78 is 13.4. The quantitative estimate of drug-likeness (QED) is 0.713. The molecule has 0 atom stereocenters. The van der Waals surface area contributed by atoms with Crippen molar-refractivity contribution in [2.45, 2.75) is 6.42 Å². The van der Waals surface area contributed by atoms with Gasteiger partial charge in [0, 0.05) is 36.1 Å². The third-order valence-corrected chi connectivity index (χ3v) is 3.95.